The van der Waals surface area contributed by atoms with Gasteiger partial charge in [0, 0.05) is 19.0 Å². The number of carboxylic acids is 1. The molecule has 17 heavy (non-hydrogen) atoms. The summed E-state index contributed by atoms with van der Waals surface area (Å²) in [6.07, 6.45) is 3.80. The van der Waals surface area contributed by atoms with Gasteiger partial charge in [-0.25, -0.2) is 0 Å². The lowest BCUT2D eigenvalue weighted by molar-refractivity contribution is -0.147. The number of hydrogen-bond donors (Lipinski definition) is 1. The first kappa shape index (κ1) is 12.4. The van der Waals surface area contributed by atoms with E-state index in [-0.39, 0.29) is 11.8 Å². The summed E-state index contributed by atoms with van der Waals surface area (Å²) in [5.41, 5.74) is -0.739. The lowest BCUT2D eigenvalue weighted by Crippen LogP contribution is -2.38. The standard InChI is InChI=1S/C13H21NO3/c1-9-4-3-5-10(9)11(15)14-7-6-13(2,8-14)12(16)17/h9-10H,3-8H2,1-2H3,(H,16,17). The Balaban J connectivity index is 2.01. The van der Waals surface area contributed by atoms with Crippen molar-refractivity contribution in [1.29, 1.82) is 0 Å². The minimum Gasteiger partial charge on any atom is -0.481 e. The van der Waals surface area contributed by atoms with Crippen molar-refractivity contribution in [2.45, 2.75) is 39.5 Å². The molecule has 1 saturated heterocycles. The Hall–Kier alpha value is -1.06. The van der Waals surface area contributed by atoms with Gasteiger partial charge in [0.05, 0.1) is 5.41 Å². The van der Waals surface area contributed by atoms with Gasteiger partial charge in [-0.05, 0) is 32.1 Å². The van der Waals surface area contributed by atoms with Crippen molar-refractivity contribution in [2.75, 3.05) is 13.1 Å². The van der Waals surface area contributed by atoms with Crippen LogP contribution in [0, 0.1) is 17.3 Å². The molecule has 2 aliphatic rings. The van der Waals surface area contributed by atoms with Crippen LogP contribution in [-0.2, 0) is 9.59 Å². The summed E-state index contributed by atoms with van der Waals surface area (Å²) in [5.74, 6) is -0.0161. The molecule has 1 heterocycles. The number of hydrogen-bond acceptors (Lipinski definition) is 2. The molecule has 0 bridgehead atoms. The summed E-state index contributed by atoms with van der Waals surface area (Å²) < 4.78 is 0. The zero-order valence-electron chi connectivity index (χ0n) is 10.6. The fourth-order valence-corrected chi connectivity index (χ4v) is 3.07. The fraction of sp³-hybridized carbons (Fsp3) is 0.846. The van der Waals surface area contributed by atoms with Crippen LogP contribution in [0.4, 0.5) is 0 Å². The van der Waals surface area contributed by atoms with Crippen molar-refractivity contribution < 1.29 is 14.7 Å². The molecule has 2 fully saturated rings. The van der Waals surface area contributed by atoms with Gasteiger partial charge in [-0.3, -0.25) is 9.59 Å². The molecule has 1 aliphatic carbocycles. The van der Waals surface area contributed by atoms with Crippen LogP contribution in [0.5, 0.6) is 0 Å². The number of nitrogens with zero attached hydrogens (tertiary/aromatic N) is 1. The van der Waals surface area contributed by atoms with Crippen LogP contribution in [0.25, 0.3) is 0 Å². The van der Waals surface area contributed by atoms with Gasteiger partial charge in [-0.1, -0.05) is 13.3 Å². The highest BCUT2D eigenvalue weighted by Crippen LogP contribution is 2.36. The van der Waals surface area contributed by atoms with Gasteiger partial charge in [-0.15, -0.1) is 0 Å². The Labute approximate surface area is 102 Å². The molecule has 1 saturated carbocycles. The summed E-state index contributed by atoms with van der Waals surface area (Å²) in [5, 5.41) is 9.15. The number of aliphatic carboxylic acids is 1. The monoisotopic (exact) mass is 239 g/mol. The minimum atomic E-state index is -0.785. The Morgan fingerprint density at radius 1 is 1.35 bits per heavy atom. The number of amides is 1. The van der Waals surface area contributed by atoms with Gasteiger partial charge in [0.15, 0.2) is 0 Å². The third-order valence-corrected chi connectivity index (χ3v) is 4.48. The summed E-state index contributed by atoms with van der Waals surface area (Å²) in [4.78, 5) is 25.2. The number of carboxylic acid groups (broad SMARTS) is 1. The summed E-state index contributed by atoms with van der Waals surface area (Å²) >= 11 is 0. The van der Waals surface area contributed by atoms with E-state index in [9.17, 15) is 9.59 Å². The Kier molecular flexibility index (Phi) is 3.15. The summed E-state index contributed by atoms with van der Waals surface area (Å²) in [7, 11) is 0. The number of rotatable bonds is 2. The van der Waals surface area contributed by atoms with E-state index in [0.717, 1.165) is 19.3 Å². The predicted molar refractivity (Wildman–Crippen MR) is 63.4 cm³/mol. The van der Waals surface area contributed by atoms with E-state index in [2.05, 4.69) is 6.92 Å². The second kappa shape index (κ2) is 4.31. The molecule has 1 aliphatic heterocycles. The van der Waals surface area contributed by atoms with Gasteiger partial charge in [0.25, 0.3) is 0 Å². The van der Waals surface area contributed by atoms with Crippen LogP contribution in [0.2, 0.25) is 0 Å². The molecule has 3 atom stereocenters. The first-order valence-corrected chi connectivity index (χ1v) is 6.46. The van der Waals surface area contributed by atoms with E-state index < -0.39 is 11.4 Å². The van der Waals surface area contributed by atoms with Crippen molar-refractivity contribution in [3.63, 3.8) is 0 Å². The quantitative estimate of drug-likeness (QED) is 0.798. The Morgan fingerprint density at radius 3 is 2.53 bits per heavy atom. The van der Waals surface area contributed by atoms with Gasteiger partial charge in [0.1, 0.15) is 0 Å². The molecular formula is C13H21NO3. The van der Waals surface area contributed by atoms with Crippen LogP contribution in [-0.4, -0.2) is 35.0 Å². The molecule has 2 rings (SSSR count). The highest BCUT2D eigenvalue weighted by atomic mass is 16.4. The van der Waals surface area contributed by atoms with Crippen molar-refractivity contribution in [3.05, 3.63) is 0 Å². The highest BCUT2D eigenvalue weighted by Gasteiger charge is 2.44. The molecule has 3 unspecified atom stereocenters. The first-order valence-electron chi connectivity index (χ1n) is 6.46. The van der Waals surface area contributed by atoms with Crippen molar-refractivity contribution in [3.8, 4) is 0 Å². The Morgan fingerprint density at radius 2 is 2.06 bits per heavy atom. The van der Waals surface area contributed by atoms with Crippen LogP contribution in [0.15, 0.2) is 0 Å². The van der Waals surface area contributed by atoms with E-state index in [1.165, 1.54) is 0 Å². The maximum atomic E-state index is 12.3. The summed E-state index contributed by atoms with van der Waals surface area (Å²) in [6.45, 7) is 4.85. The maximum absolute atomic E-state index is 12.3. The average Bonchev–Trinajstić information content (AvgIpc) is 2.85. The molecule has 0 aromatic rings. The fourth-order valence-electron chi connectivity index (χ4n) is 3.07. The molecule has 0 aromatic carbocycles. The molecular weight excluding hydrogens is 218 g/mol. The van der Waals surface area contributed by atoms with Crippen molar-refractivity contribution in [2.24, 2.45) is 17.3 Å². The van der Waals surface area contributed by atoms with Crippen LogP contribution in [0.1, 0.15) is 39.5 Å². The molecule has 0 radical (unpaired) electrons. The normalized spacial score (nSPS) is 37.4. The lowest BCUT2D eigenvalue weighted by Gasteiger charge is -2.24. The van der Waals surface area contributed by atoms with Crippen LogP contribution < -0.4 is 0 Å². The predicted octanol–water partition coefficient (Wildman–Crippen LogP) is 1.75. The molecule has 4 nitrogen and oxygen atoms in total. The minimum absolute atomic E-state index is 0.131. The summed E-state index contributed by atoms with van der Waals surface area (Å²) in [6, 6.07) is 0. The Bertz CT molecular complexity index is 342. The van der Waals surface area contributed by atoms with E-state index in [1.54, 1.807) is 11.8 Å². The third-order valence-electron chi connectivity index (χ3n) is 4.48. The van der Waals surface area contributed by atoms with Crippen molar-refractivity contribution >= 4 is 11.9 Å². The molecule has 1 amide bonds. The molecule has 4 heteroatoms. The zero-order chi connectivity index (χ0) is 12.6. The largest absolute Gasteiger partial charge is 0.481 e. The van der Waals surface area contributed by atoms with Gasteiger partial charge < -0.3 is 10.0 Å². The average molecular weight is 239 g/mol. The highest BCUT2D eigenvalue weighted by molar-refractivity contribution is 5.82. The SMILES string of the molecule is CC1CCCC1C(=O)N1CCC(C)(C(=O)O)C1. The van der Waals surface area contributed by atoms with Gasteiger partial charge in [-0.2, -0.15) is 0 Å². The van der Waals surface area contributed by atoms with Gasteiger partial charge in [0.2, 0.25) is 5.91 Å². The van der Waals surface area contributed by atoms with Gasteiger partial charge >= 0.3 is 5.97 Å². The second-order valence-electron chi connectivity index (χ2n) is 5.89. The topological polar surface area (TPSA) is 57.6 Å². The molecule has 96 valence electrons. The smallest absolute Gasteiger partial charge is 0.311 e. The van der Waals surface area contributed by atoms with E-state index in [1.807, 2.05) is 0 Å². The number of likely N-dealkylation sites (tertiary alicyclic amines) is 1. The zero-order valence-corrected chi connectivity index (χ0v) is 10.6. The third kappa shape index (κ3) is 2.17. The first-order chi connectivity index (χ1) is 7.94. The molecule has 1 N–H and O–H groups in total. The lowest BCUT2D eigenvalue weighted by atomic mass is 9.90. The van der Waals surface area contributed by atoms with Crippen LogP contribution >= 0.6 is 0 Å². The van der Waals surface area contributed by atoms with E-state index >= 15 is 0 Å². The number of carbonyl (C=O) groups excluding carboxylic acids is 1. The number of carbonyl (C=O) groups is 2. The second-order valence-corrected chi connectivity index (χ2v) is 5.89. The molecule has 0 spiro atoms. The van der Waals surface area contributed by atoms with Crippen LogP contribution in [0.3, 0.4) is 0 Å². The maximum Gasteiger partial charge on any atom is 0.311 e. The van der Waals surface area contributed by atoms with E-state index in [4.69, 9.17) is 5.11 Å². The molecule has 0 aromatic heterocycles. The van der Waals surface area contributed by atoms with E-state index in [0.29, 0.717) is 25.4 Å². The van der Waals surface area contributed by atoms with Crippen molar-refractivity contribution in [1.82, 2.24) is 4.90 Å².